The quantitative estimate of drug-likeness (QED) is 0.389. The van der Waals surface area contributed by atoms with Crippen molar-refractivity contribution in [3.8, 4) is 17.6 Å². The van der Waals surface area contributed by atoms with Gasteiger partial charge in [-0.15, -0.1) is 0 Å². The minimum absolute atomic E-state index is 0.240. The van der Waals surface area contributed by atoms with Crippen molar-refractivity contribution in [1.29, 1.82) is 0 Å². The number of aliphatic carboxylic acids is 1. The summed E-state index contributed by atoms with van der Waals surface area (Å²) < 4.78 is 12.9. The molecule has 0 aliphatic rings. The average Bonchev–Trinajstić information content (AvgIpc) is 2.67. The fourth-order valence-corrected chi connectivity index (χ4v) is 4.08. The predicted molar refractivity (Wildman–Crippen MR) is 126 cm³/mol. The first-order chi connectivity index (χ1) is 14.3. The first kappa shape index (κ1) is 24.5. The number of hydrogen-bond donors (Lipinski definition) is 1. The average molecular weight is 557 g/mol. The number of hydrogen-bond acceptors (Lipinski definition) is 3. The summed E-state index contributed by atoms with van der Waals surface area (Å²) in [7, 11) is 0. The number of benzene rings is 2. The lowest BCUT2D eigenvalue weighted by Gasteiger charge is -2.13. The van der Waals surface area contributed by atoms with Gasteiger partial charge in [-0.05, 0) is 61.4 Å². The summed E-state index contributed by atoms with van der Waals surface area (Å²) in [5, 5.41) is 9.62. The third kappa shape index (κ3) is 8.16. The Balaban J connectivity index is 1.97. The van der Waals surface area contributed by atoms with E-state index >= 15 is 0 Å². The molecule has 0 spiro atoms. The summed E-state index contributed by atoms with van der Waals surface area (Å²) in [6.45, 7) is 4.32. The van der Waals surface area contributed by atoms with Gasteiger partial charge in [-0.2, -0.15) is 0 Å². The van der Waals surface area contributed by atoms with Gasteiger partial charge in [-0.1, -0.05) is 61.4 Å². The molecule has 0 fully saturated rings. The van der Waals surface area contributed by atoms with E-state index in [1.54, 1.807) is 25.1 Å². The highest BCUT2D eigenvalue weighted by atomic mass is 79.9. The standard InChI is InChI=1S/C23H21Br2ClO4/c1-3-29-22(23(27)28)13-17-6-7-21(20(26)12-17)30-9-8-15(2)4-5-16-10-18(24)14-19(25)11-16/h6-8,10-12,14,22H,3,9,13H2,1-2H3,(H,27,28)/b15-8+/t22-/m0/s1. The van der Waals surface area contributed by atoms with E-state index in [2.05, 4.69) is 43.7 Å². The predicted octanol–water partition coefficient (Wildman–Crippen LogP) is 6.27. The smallest absolute Gasteiger partial charge is 0.333 e. The Morgan fingerprint density at radius 3 is 2.53 bits per heavy atom. The van der Waals surface area contributed by atoms with E-state index < -0.39 is 12.1 Å². The highest BCUT2D eigenvalue weighted by Gasteiger charge is 2.18. The highest BCUT2D eigenvalue weighted by Crippen LogP contribution is 2.26. The first-order valence-corrected chi connectivity index (χ1v) is 11.2. The van der Waals surface area contributed by atoms with Gasteiger partial charge < -0.3 is 14.6 Å². The second kappa shape index (κ2) is 12.2. The summed E-state index contributed by atoms with van der Waals surface area (Å²) in [6, 6.07) is 11.1. The topological polar surface area (TPSA) is 55.8 Å². The maximum Gasteiger partial charge on any atom is 0.333 e. The molecule has 1 atom stereocenters. The van der Waals surface area contributed by atoms with Crippen molar-refractivity contribution in [3.05, 3.63) is 73.1 Å². The molecule has 1 N–H and O–H groups in total. The zero-order valence-corrected chi connectivity index (χ0v) is 20.5. The van der Waals surface area contributed by atoms with Crippen LogP contribution in [0.4, 0.5) is 0 Å². The van der Waals surface area contributed by atoms with Crippen molar-refractivity contribution >= 4 is 49.4 Å². The van der Waals surface area contributed by atoms with Crippen molar-refractivity contribution in [2.24, 2.45) is 0 Å². The molecule has 30 heavy (non-hydrogen) atoms. The molecule has 7 heteroatoms. The summed E-state index contributed by atoms with van der Waals surface area (Å²) in [4.78, 5) is 11.2. The number of carboxylic acids is 1. The zero-order valence-electron chi connectivity index (χ0n) is 16.5. The second-order valence-electron chi connectivity index (χ2n) is 6.36. The van der Waals surface area contributed by atoms with Crippen LogP contribution in [-0.4, -0.2) is 30.4 Å². The molecule has 0 aliphatic carbocycles. The second-order valence-corrected chi connectivity index (χ2v) is 8.60. The van der Waals surface area contributed by atoms with Crippen LogP contribution in [0.2, 0.25) is 5.02 Å². The number of rotatable bonds is 8. The minimum atomic E-state index is -0.995. The van der Waals surface area contributed by atoms with Crippen LogP contribution in [0.5, 0.6) is 5.75 Å². The van der Waals surface area contributed by atoms with Crippen LogP contribution < -0.4 is 4.74 Å². The van der Waals surface area contributed by atoms with Crippen LogP contribution in [0, 0.1) is 11.8 Å². The lowest BCUT2D eigenvalue weighted by Crippen LogP contribution is -2.26. The molecule has 158 valence electrons. The normalized spacial score (nSPS) is 12.1. The monoisotopic (exact) mass is 554 g/mol. The largest absolute Gasteiger partial charge is 0.488 e. The molecular weight excluding hydrogens is 536 g/mol. The molecule has 0 radical (unpaired) electrons. The Labute approximate surface area is 198 Å². The number of ether oxygens (including phenoxy) is 2. The van der Waals surface area contributed by atoms with Crippen molar-refractivity contribution in [2.45, 2.75) is 26.4 Å². The van der Waals surface area contributed by atoms with Crippen LogP contribution in [0.1, 0.15) is 25.0 Å². The first-order valence-electron chi connectivity index (χ1n) is 9.19. The van der Waals surface area contributed by atoms with E-state index in [1.165, 1.54) is 0 Å². The third-order valence-electron chi connectivity index (χ3n) is 3.96. The Morgan fingerprint density at radius 2 is 1.93 bits per heavy atom. The van der Waals surface area contributed by atoms with Crippen molar-refractivity contribution in [1.82, 2.24) is 0 Å². The van der Waals surface area contributed by atoms with Gasteiger partial charge in [-0.3, -0.25) is 0 Å². The Bertz CT molecular complexity index is 972. The molecule has 2 aromatic carbocycles. The molecule has 0 amide bonds. The SMILES string of the molecule is CCO[C@@H](Cc1ccc(OC/C=C(\C)C#Cc2cc(Br)cc(Br)c2)c(Cl)c1)C(=O)O. The van der Waals surface area contributed by atoms with Crippen LogP contribution >= 0.6 is 43.5 Å². The number of carbonyl (C=O) groups is 1. The minimum Gasteiger partial charge on any atom is -0.488 e. The molecule has 0 saturated heterocycles. The fourth-order valence-electron chi connectivity index (χ4n) is 2.53. The molecule has 0 saturated carbocycles. The molecule has 0 unspecified atom stereocenters. The van der Waals surface area contributed by atoms with E-state index in [1.807, 2.05) is 31.2 Å². The lowest BCUT2D eigenvalue weighted by atomic mass is 10.1. The Hall–Kier alpha value is -1.78. The molecule has 2 aromatic rings. The van der Waals surface area contributed by atoms with Gasteiger partial charge in [0.05, 0.1) is 5.02 Å². The van der Waals surface area contributed by atoms with E-state index in [0.717, 1.165) is 25.6 Å². The van der Waals surface area contributed by atoms with Crippen LogP contribution in [0.15, 0.2) is 57.0 Å². The Kier molecular flexibility index (Phi) is 9.93. The summed E-state index contributed by atoms with van der Waals surface area (Å²) in [5.41, 5.74) is 2.54. The van der Waals surface area contributed by atoms with Gasteiger partial charge in [-0.25, -0.2) is 4.79 Å². The van der Waals surface area contributed by atoms with Gasteiger partial charge in [0.25, 0.3) is 0 Å². The van der Waals surface area contributed by atoms with Crippen molar-refractivity contribution < 1.29 is 19.4 Å². The van der Waals surface area contributed by atoms with E-state index in [-0.39, 0.29) is 6.42 Å². The van der Waals surface area contributed by atoms with Gasteiger partial charge >= 0.3 is 5.97 Å². The van der Waals surface area contributed by atoms with Gasteiger partial charge in [0, 0.05) is 27.5 Å². The van der Waals surface area contributed by atoms with E-state index in [4.69, 9.17) is 21.1 Å². The molecular formula is C23H21Br2ClO4. The number of carboxylic acid groups (broad SMARTS) is 1. The number of allylic oxidation sites excluding steroid dienone is 1. The van der Waals surface area contributed by atoms with Crippen molar-refractivity contribution in [2.75, 3.05) is 13.2 Å². The highest BCUT2D eigenvalue weighted by molar-refractivity contribution is 9.11. The van der Waals surface area contributed by atoms with Gasteiger partial charge in [0.1, 0.15) is 12.4 Å². The maximum atomic E-state index is 11.2. The van der Waals surface area contributed by atoms with E-state index in [0.29, 0.717) is 24.0 Å². The lowest BCUT2D eigenvalue weighted by molar-refractivity contribution is -0.149. The Morgan fingerprint density at radius 1 is 1.23 bits per heavy atom. The van der Waals surface area contributed by atoms with Crippen LogP contribution in [-0.2, 0) is 16.0 Å². The molecule has 0 aliphatic heterocycles. The molecule has 0 aromatic heterocycles. The third-order valence-corrected chi connectivity index (χ3v) is 5.17. The maximum absolute atomic E-state index is 11.2. The van der Waals surface area contributed by atoms with Crippen molar-refractivity contribution in [3.63, 3.8) is 0 Å². The molecule has 2 rings (SSSR count). The van der Waals surface area contributed by atoms with Gasteiger partial charge in [0.2, 0.25) is 0 Å². The van der Waals surface area contributed by atoms with E-state index in [9.17, 15) is 9.90 Å². The molecule has 0 heterocycles. The molecule has 0 bridgehead atoms. The zero-order chi connectivity index (χ0) is 22.1. The van der Waals surface area contributed by atoms with Crippen LogP contribution in [0.25, 0.3) is 0 Å². The summed E-state index contributed by atoms with van der Waals surface area (Å²) in [5.74, 6) is 5.74. The van der Waals surface area contributed by atoms with Gasteiger partial charge in [0.15, 0.2) is 6.10 Å². The molecule has 4 nitrogen and oxygen atoms in total. The fraction of sp³-hybridized carbons (Fsp3) is 0.261. The summed E-state index contributed by atoms with van der Waals surface area (Å²) in [6.07, 6.45) is 1.22. The summed E-state index contributed by atoms with van der Waals surface area (Å²) >= 11 is 13.2. The number of halogens is 3. The van der Waals surface area contributed by atoms with Crippen LogP contribution in [0.3, 0.4) is 0 Å².